The van der Waals surface area contributed by atoms with Gasteiger partial charge in [0.05, 0.1) is 11.1 Å². The number of benzene rings is 2. The number of rotatable bonds is 4. The fraction of sp³-hybridized carbons (Fsp3) is 0.0556. The molecule has 0 atom stereocenters. The van der Waals surface area contributed by atoms with Crippen LogP contribution in [0.3, 0.4) is 0 Å². The molecule has 27 heavy (non-hydrogen) atoms. The molecule has 1 aromatic heterocycles. The van der Waals surface area contributed by atoms with Crippen LogP contribution in [0.1, 0.15) is 15.9 Å². The summed E-state index contributed by atoms with van der Waals surface area (Å²) in [6, 6.07) is 9.62. The van der Waals surface area contributed by atoms with Crippen molar-refractivity contribution in [3.63, 3.8) is 0 Å². The molecule has 0 radical (unpaired) electrons. The highest BCUT2D eigenvalue weighted by molar-refractivity contribution is 6.03. The van der Waals surface area contributed by atoms with E-state index in [-0.39, 0.29) is 11.5 Å². The number of nitrogens with one attached hydrogen (secondary N) is 2. The number of alkyl halides is 3. The smallest absolute Gasteiger partial charge is 0.324 e. The minimum atomic E-state index is -4.41. The van der Waals surface area contributed by atoms with E-state index in [0.29, 0.717) is 11.4 Å². The van der Waals surface area contributed by atoms with Gasteiger partial charge in [-0.3, -0.25) is 4.79 Å². The first kappa shape index (κ1) is 18.3. The summed E-state index contributed by atoms with van der Waals surface area (Å²) >= 11 is 0. The molecule has 3 rings (SSSR count). The molecular weight excluding hydrogens is 364 g/mol. The summed E-state index contributed by atoms with van der Waals surface area (Å²) in [4.78, 5) is 20.0. The summed E-state index contributed by atoms with van der Waals surface area (Å²) in [5.74, 6) is -0.786. The first-order chi connectivity index (χ1) is 12.8. The van der Waals surface area contributed by atoms with Crippen LogP contribution in [-0.4, -0.2) is 15.9 Å². The second-order valence-corrected chi connectivity index (χ2v) is 5.46. The van der Waals surface area contributed by atoms with Gasteiger partial charge < -0.3 is 10.6 Å². The van der Waals surface area contributed by atoms with Crippen LogP contribution in [0, 0.1) is 5.82 Å². The fourth-order valence-electron chi connectivity index (χ4n) is 2.12. The topological polar surface area (TPSA) is 66.9 Å². The Kier molecular flexibility index (Phi) is 5.02. The molecule has 1 amide bonds. The lowest BCUT2D eigenvalue weighted by atomic mass is 10.2. The molecule has 138 valence electrons. The van der Waals surface area contributed by atoms with Crippen LogP contribution in [0.25, 0.3) is 0 Å². The van der Waals surface area contributed by atoms with Crippen molar-refractivity contribution in [1.29, 1.82) is 0 Å². The van der Waals surface area contributed by atoms with E-state index in [1.165, 1.54) is 48.8 Å². The molecule has 5 nitrogen and oxygen atoms in total. The maximum atomic E-state index is 12.9. The van der Waals surface area contributed by atoms with Crippen LogP contribution in [0.15, 0.2) is 60.9 Å². The highest BCUT2D eigenvalue weighted by atomic mass is 19.4. The second kappa shape index (κ2) is 7.40. The zero-order valence-electron chi connectivity index (χ0n) is 13.6. The summed E-state index contributed by atoms with van der Waals surface area (Å²) in [7, 11) is 0. The van der Waals surface area contributed by atoms with Crippen molar-refractivity contribution in [2.75, 3.05) is 10.6 Å². The first-order valence-corrected chi connectivity index (χ1v) is 7.64. The van der Waals surface area contributed by atoms with Gasteiger partial charge >= 0.3 is 6.18 Å². The van der Waals surface area contributed by atoms with Gasteiger partial charge in [0.15, 0.2) is 0 Å². The Morgan fingerprint density at radius 1 is 0.852 bits per heavy atom. The fourth-order valence-corrected chi connectivity index (χ4v) is 2.12. The number of aromatic nitrogens is 2. The number of carbonyl (C=O) groups excluding carboxylic acids is 1. The van der Waals surface area contributed by atoms with Gasteiger partial charge in [-0.25, -0.2) is 14.4 Å². The van der Waals surface area contributed by atoms with Gasteiger partial charge in [0, 0.05) is 23.8 Å². The number of carbonyl (C=O) groups is 1. The van der Waals surface area contributed by atoms with E-state index >= 15 is 0 Å². The number of hydrogen-bond acceptors (Lipinski definition) is 4. The third-order valence-electron chi connectivity index (χ3n) is 3.48. The van der Waals surface area contributed by atoms with Gasteiger partial charge in [-0.15, -0.1) is 0 Å². The van der Waals surface area contributed by atoms with Crippen molar-refractivity contribution in [3.05, 3.63) is 77.9 Å². The van der Waals surface area contributed by atoms with Gasteiger partial charge in [0.2, 0.25) is 5.95 Å². The molecular formula is C18H12F4N4O. The Balaban J connectivity index is 1.64. The summed E-state index contributed by atoms with van der Waals surface area (Å²) in [6.07, 6.45) is -1.88. The van der Waals surface area contributed by atoms with Crippen molar-refractivity contribution in [2.45, 2.75) is 6.18 Å². The maximum absolute atomic E-state index is 12.9. The number of anilines is 3. The average Bonchev–Trinajstić information content (AvgIpc) is 2.64. The normalized spacial score (nSPS) is 11.1. The number of halogens is 4. The molecule has 0 aliphatic carbocycles. The van der Waals surface area contributed by atoms with Crippen LogP contribution in [0.2, 0.25) is 0 Å². The first-order valence-electron chi connectivity index (χ1n) is 7.64. The monoisotopic (exact) mass is 376 g/mol. The quantitative estimate of drug-likeness (QED) is 0.652. The van der Waals surface area contributed by atoms with Gasteiger partial charge in [-0.05, 0) is 48.5 Å². The minimum absolute atomic E-state index is 0.119. The lowest BCUT2D eigenvalue weighted by Gasteiger charge is -2.09. The lowest BCUT2D eigenvalue weighted by molar-refractivity contribution is -0.137. The average molecular weight is 376 g/mol. The Labute approximate surface area is 151 Å². The number of amides is 1. The zero-order chi connectivity index (χ0) is 19.4. The molecule has 0 aliphatic rings. The van der Waals surface area contributed by atoms with Crippen LogP contribution in [-0.2, 0) is 6.18 Å². The van der Waals surface area contributed by atoms with E-state index in [0.717, 1.165) is 12.1 Å². The van der Waals surface area contributed by atoms with Gasteiger partial charge in [0.1, 0.15) is 5.82 Å². The van der Waals surface area contributed by atoms with E-state index in [2.05, 4.69) is 20.6 Å². The SMILES string of the molecule is O=C(Nc1ccc(F)cc1)c1cnc(Nc2ccc(C(F)(F)F)cc2)nc1. The van der Waals surface area contributed by atoms with E-state index in [4.69, 9.17) is 0 Å². The summed E-state index contributed by atoms with van der Waals surface area (Å²) in [6.45, 7) is 0. The van der Waals surface area contributed by atoms with Crippen molar-refractivity contribution < 1.29 is 22.4 Å². The van der Waals surface area contributed by atoms with E-state index in [1.807, 2.05) is 0 Å². The van der Waals surface area contributed by atoms with Crippen LogP contribution in [0.4, 0.5) is 34.9 Å². The molecule has 3 aromatic rings. The molecule has 0 saturated carbocycles. The standard InChI is InChI=1S/C18H12F4N4O/c19-13-3-7-14(8-4-13)25-16(27)11-9-23-17(24-10-11)26-15-5-1-12(2-6-15)18(20,21)22/h1-10H,(H,25,27)(H,23,24,26). The highest BCUT2D eigenvalue weighted by Crippen LogP contribution is 2.30. The van der Waals surface area contributed by atoms with Gasteiger partial charge in [-0.2, -0.15) is 13.2 Å². The second-order valence-electron chi connectivity index (χ2n) is 5.46. The van der Waals surface area contributed by atoms with Crippen molar-refractivity contribution in [2.24, 2.45) is 0 Å². The Bertz CT molecular complexity index is 924. The van der Waals surface area contributed by atoms with Crippen molar-refractivity contribution in [3.8, 4) is 0 Å². The Hall–Kier alpha value is -3.49. The summed E-state index contributed by atoms with van der Waals surface area (Å²) in [5, 5.41) is 5.30. The molecule has 2 N–H and O–H groups in total. The van der Waals surface area contributed by atoms with Crippen LogP contribution in [0.5, 0.6) is 0 Å². The van der Waals surface area contributed by atoms with Crippen LogP contribution >= 0.6 is 0 Å². The largest absolute Gasteiger partial charge is 0.416 e. The molecule has 9 heteroatoms. The van der Waals surface area contributed by atoms with Crippen molar-refractivity contribution >= 4 is 23.2 Å². The molecule has 0 saturated heterocycles. The van der Waals surface area contributed by atoms with E-state index in [9.17, 15) is 22.4 Å². The highest BCUT2D eigenvalue weighted by Gasteiger charge is 2.29. The van der Waals surface area contributed by atoms with E-state index in [1.54, 1.807) is 0 Å². The van der Waals surface area contributed by atoms with Gasteiger partial charge in [-0.1, -0.05) is 0 Å². The summed E-state index contributed by atoms with van der Waals surface area (Å²) in [5.41, 5.74) is 0.180. The molecule has 0 fully saturated rings. The molecule has 0 aliphatic heterocycles. The zero-order valence-corrected chi connectivity index (χ0v) is 13.6. The van der Waals surface area contributed by atoms with Crippen molar-refractivity contribution in [1.82, 2.24) is 9.97 Å². The van der Waals surface area contributed by atoms with E-state index < -0.39 is 23.5 Å². The molecule has 0 spiro atoms. The third kappa shape index (κ3) is 4.78. The predicted molar refractivity (Wildman–Crippen MR) is 91.1 cm³/mol. The third-order valence-corrected chi connectivity index (χ3v) is 3.48. The molecule has 1 heterocycles. The molecule has 2 aromatic carbocycles. The van der Waals surface area contributed by atoms with Gasteiger partial charge in [0.25, 0.3) is 5.91 Å². The Morgan fingerprint density at radius 3 is 1.96 bits per heavy atom. The maximum Gasteiger partial charge on any atom is 0.416 e. The Morgan fingerprint density at radius 2 is 1.41 bits per heavy atom. The van der Waals surface area contributed by atoms with Crippen LogP contribution < -0.4 is 10.6 Å². The molecule has 0 unspecified atom stereocenters. The number of nitrogens with zero attached hydrogens (tertiary/aromatic N) is 2. The lowest BCUT2D eigenvalue weighted by Crippen LogP contribution is -2.13. The number of hydrogen-bond donors (Lipinski definition) is 2. The predicted octanol–water partition coefficient (Wildman–Crippen LogP) is 4.63. The molecule has 0 bridgehead atoms. The summed E-state index contributed by atoms with van der Waals surface area (Å²) < 4.78 is 50.5. The minimum Gasteiger partial charge on any atom is -0.324 e.